The molecule has 1 fully saturated rings. The monoisotopic (exact) mass is 271 g/mol. The molecule has 1 aromatic carbocycles. The SMILES string of the molecule is OCC1(NCc2cn[nH]c2-c2ccccc2)CCCC1. The number of nitrogens with zero attached hydrogens (tertiary/aromatic N) is 1. The molecule has 0 atom stereocenters. The maximum atomic E-state index is 9.65. The zero-order chi connectivity index (χ0) is 13.8. The quantitative estimate of drug-likeness (QED) is 0.783. The second-order valence-electron chi connectivity index (χ2n) is 5.64. The molecular formula is C16H21N3O. The highest BCUT2D eigenvalue weighted by Crippen LogP contribution is 2.30. The number of H-pyrrole nitrogens is 1. The van der Waals surface area contributed by atoms with Crippen LogP contribution < -0.4 is 5.32 Å². The standard InChI is InChI=1S/C16H21N3O/c20-12-16(8-4-5-9-16)17-10-14-11-18-19-15(14)13-6-2-1-3-7-13/h1-3,6-7,11,17,20H,4-5,8-10,12H2,(H,18,19). The molecule has 0 unspecified atom stereocenters. The van der Waals surface area contributed by atoms with Crippen molar-refractivity contribution in [1.82, 2.24) is 15.5 Å². The van der Waals surface area contributed by atoms with Gasteiger partial charge in [0, 0.05) is 17.6 Å². The molecule has 1 saturated carbocycles. The van der Waals surface area contributed by atoms with Gasteiger partial charge in [-0.15, -0.1) is 0 Å². The minimum Gasteiger partial charge on any atom is -0.394 e. The van der Waals surface area contributed by atoms with Gasteiger partial charge in [0.1, 0.15) is 0 Å². The van der Waals surface area contributed by atoms with E-state index in [9.17, 15) is 5.11 Å². The van der Waals surface area contributed by atoms with Crippen molar-refractivity contribution in [2.45, 2.75) is 37.8 Å². The van der Waals surface area contributed by atoms with Crippen LogP contribution in [0.1, 0.15) is 31.2 Å². The maximum Gasteiger partial charge on any atom is 0.0695 e. The molecule has 0 aliphatic heterocycles. The van der Waals surface area contributed by atoms with Crippen LogP contribution in [0.3, 0.4) is 0 Å². The molecule has 0 saturated heterocycles. The van der Waals surface area contributed by atoms with E-state index in [0.717, 1.165) is 36.2 Å². The van der Waals surface area contributed by atoms with Crippen molar-refractivity contribution in [3.05, 3.63) is 42.1 Å². The molecule has 4 nitrogen and oxygen atoms in total. The highest BCUT2D eigenvalue weighted by molar-refractivity contribution is 5.62. The van der Waals surface area contributed by atoms with E-state index in [-0.39, 0.29) is 12.1 Å². The Bertz CT molecular complexity index is 544. The number of aliphatic hydroxyl groups excluding tert-OH is 1. The zero-order valence-electron chi connectivity index (χ0n) is 11.6. The lowest BCUT2D eigenvalue weighted by molar-refractivity contribution is 0.163. The number of nitrogens with one attached hydrogen (secondary N) is 2. The fourth-order valence-corrected chi connectivity index (χ4v) is 3.03. The van der Waals surface area contributed by atoms with Gasteiger partial charge in [-0.25, -0.2) is 0 Å². The molecule has 0 bridgehead atoms. The van der Waals surface area contributed by atoms with Crippen LogP contribution in [0.15, 0.2) is 36.5 Å². The molecule has 4 heteroatoms. The number of benzene rings is 1. The summed E-state index contributed by atoms with van der Waals surface area (Å²) in [6, 6.07) is 10.2. The summed E-state index contributed by atoms with van der Waals surface area (Å²) in [5.74, 6) is 0. The normalized spacial score (nSPS) is 17.4. The van der Waals surface area contributed by atoms with Crippen molar-refractivity contribution >= 4 is 0 Å². The van der Waals surface area contributed by atoms with Gasteiger partial charge in [0.25, 0.3) is 0 Å². The number of hydrogen-bond donors (Lipinski definition) is 3. The minimum atomic E-state index is -0.0920. The lowest BCUT2D eigenvalue weighted by Gasteiger charge is -2.28. The Morgan fingerprint density at radius 2 is 1.95 bits per heavy atom. The number of aliphatic hydroxyl groups is 1. The Labute approximate surface area is 119 Å². The average Bonchev–Trinajstić information content (AvgIpc) is 3.16. The number of hydrogen-bond acceptors (Lipinski definition) is 3. The van der Waals surface area contributed by atoms with Gasteiger partial charge in [-0.2, -0.15) is 5.10 Å². The molecule has 3 rings (SSSR count). The molecule has 20 heavy (non-hydrogen) atoms. The lowest BCUT2D eigenvalue weighted by atomic mass is 9.98. The van der Waals surface area contributed by atoms with Crippen LogP contribution in [0.4, 0.5) is 0 Å². The first-order chi connectivity index (χ1) is 9.83. The molecule has 0 radical (unpaired) electrons. The molecule has 0 amide bonds. The highest BCUT2D eigenvalue weighted by Gasteiger charge is 2.32. The van der Waals surface area contributed by atoms with Crippen molar-refractivity contribution < 1.29 is 5.11 Å². The van der Waals surface area contributed by atoms with E-state index in [4.69, 9.17) is 0 Å². The van der Waals surface area contributed by atoms with E-state index in [2.05, 4.69) is 27.6 Å². The predicted molar refractivity (Wildman–Crippen MR) is 79.1 cm³/mol. The molecular weight excluding hydrogens is 250 g/mol. The van der Waals surface area contributed by atoms with Gasteiger partial charge < -0.3 is 10.4 Å². The molecule has 1 aromatic heterocycles. The second-order valence-corrected chi connectivity index (χ2v) is 5.64. The van der Waals surface area contributed by atoms with Gasteiger partial charge in [0.15, 0.2) is 0 Å². The maximum absolute atomic E-state index is 9.65. The molecule has 0 spiro atoms. The summed E-state index contributed by atoms with van der Waals surface area (Å²) in [4.78, 5) is 0. The third-order valence-electron chi connectivity index (χ3n) is 4.30. The van der Waals surface area contributed by atoms with Crippen molar-refractivity contribution in [3.8, 4) is 11.3 Å². The van der Waals surface area contributed by atoms with Gasteiger partial charge in [0.2, 0.25) is 0 Å². The summed E-state index contributed by atoms with van der Waals surface area (Å²) in [6.45, 7) is 0.951. The Hall–Kier alpha value is -1.65. The molecule has 1 aliphatic carbocycles. The van der Waals surface area contributed by atoms with E-state index in [1.807, 2.05) is 24.4 Å². The topological polar surface area (TPSA) is 60.9 Å². The van der Waals surface area contributed by atoms with E-state index < -0.39 is 0 Å². The van der Waals surface area contributed by atoms with Crippen LogP contribution in [-0.4, -0.2) is 27.4 Å². The molecule has 2 aromatic rings. The van der Waals surface area contributed by atoms with Crippen LogP contribution in [-0.2, 0) is 6.54 Å². The Morgan fingerprint density at radius 3 is 2.65 bits per heavy atom. The first-order valence-electron chi connectivity index (χ1n) is 7.27. The predicted octanol–water partition coefficient (Wildman–Crippen LogP) is 2.47. The summed E-state index contributed by atoms with van der Waals surface area (Å²) in [5, 5.41) is 20.4. The number of rotatable bonds is 5. The Kier molecular flexibility index (Phi) is 3.85. The van der Waals surface area contributed by atoms with Gasteiger partial charge in [-0.05, 0) is 18.4 Å². The van der Waals surface area contributed by atoms with Gasteiger partial charge in [-0.3, -0.25) is 5.10 Å². The Morgan fingerprint density at radius 1 is 1.20 bits per heavy atom. The summed E-state index contributed by atoms with van der Waals surface area (Å²) in [5.41, 5.74) is 3.26. The molecule has 1 aliphatic rings. The van der Waals surface area contributed by atoms with Gasteiger partial charge >= 0.3 is 0 Å². The fourth-order valence-electron chi connectivity index (χ4n) is 3.03. The second kappa shape index (κ2) is 5.77. The molecule has 3 N–H and O–H groups in total. The van der Waals surface area contributed by atoms with E-state index in [1.165, 1.54) is 12.8 Å². The highest BCUT2D eigenvalue weighted by atomic mass is 16.3. The summed E-state index contributed by atoms with van der Waals surface area (Å²) < 4.78 is 0. The van der Waals surface area contributed by atoms with Crippen molar-refractivity contribution in [2.24, 2.45) is 0 Å². The zero-order valence-corrected chi connectivity index (χ0v) is 11.6. The van der Waals surface area contributed by atoms with Crippen LogP contribution in [0.25, 0.3) is 11.3 Å². The van der Waals surface area contributed by atoms with Crippen LogP contribution in [0, 0.1) is 0 Å². The largest absolute Gasteiger partial charge is 0.394 e. The third-order valence-corrected chi connectivity index (χ3v) is 4.30. The first kappa shape index (κ1) is 13.3. The van der Waals surface area contributed by atoms with E-state index >= 15 is 0 Å². The average molecular weight is 271 g/mol. The van der Waals surface area contributed by atoms with E-state index in [1.54, 1.807) is 0 Å². The fraction of sp³-hybridized carbons (Fsp3) is 0.438. The molecule has 106 valence electrons. The summed E-state index contributed by atoms with van der Waals surface area (Å²) >= 11 is 0. The first-order valence-corrected chi connectivity index (χ1v) is 7.27. The summed E-state index contributed by atoms with van der Waals surface area (Å²) in [6.07, 6.45) is 6.38. The van der Waals surface area contributed by atoms with Crippen molar-refractivity contribution in [2.75, 3.05) is 6.61 Å². The number of aromatic nitrogens is 2. The van der Waals surface area contributed by atoms with Crippen LogP contribution in [0.2, 0.25) is 0 Å². The van der Waals surface area contributed by atoms with Gasteiger partial charge in [-0.1, -0.05) is 43.2 Å². The summed E-state index contributed by atoms with van der Waals surface area (Å²) in [7, 11) is 0. The Balaban J connectivity index is 1.74. The minimum absolute atomic E-state index is 0.0920. The number of aromatic amines is 1. The van der Waals surface area contributed by atoms with Crippen LogP contribution >= 0.6 is 0 Å². The van der Waals surface area contributed by atoms with Gasteiger partial charge in [0.05, 0.1) is 18.5 Å². The van der Waals surface area contributed by atoms with Crippen molar-refractivity contribution in [1.29, 1.82) is 0 Å². The third kappa shape index (κ3) is 2.62. The lowest BCUT2D eigenvalue weighted by Crippen LogP contribution is -2.45. The van der Waals surface area contributed by atoms with E-state index in [0.29, 0.717) is 0 Å². The smallest absolute Gasteiger partial charge is 0.0695 e. The van der Waals surface area contributed by atoms with Crippen LogP contribution in [0.5, 0.6) is 0 Å². The molecule has 1 heterocycles. The van der Waals surface area contributed by atoms with Crippen molar-refractivity contribution in [3.63, 3.8) is 0 Å².